The van der Waals surface area contributed by atoms with E-state index in [4.69, 9.17) is 4.74 Å². The number of rotatable bonds is 2. The van der Waals surface area contributed by atoms with Gasteiger partial charge in [-0.15, -0.1) is 0 Å². The molecule has 9 rings (SSSR count). The van der Waals surface area contributed by atoms with Gasteiger partial charge in [0.05, 0.1) is 0 Å². The topological polar surface area (TPSA) is 12.5 Å². The summed E-state index contributed by atoms with van der Waals surface area (Å²) in [5.41, 5.74) is 0.956. The second-order valence-corrected chi connectivity index (χ2v) is 12.8. The Kier molecular flexibility index (Phi) is 2.72. The van der Waals surface area contributed by atoms with Crippen LogP contribution in [0.25, 0.3) is 0 Å². The molecular formula is C23H31BrO. The van der Waals surface area contributed by atoms with Crippen molar-refractivity contribution in [1.29, 1.82) is 0 Å². The Morgan fingerprint density at radius 1 is 0.680 bits per heavy atom. The minimum Gasteiger partial charge on any atom is -0.467 e. The van der Waals surface area contributed by atoms with Crippen molar-refractivity contribution in [3.05, 3.63) is 11.8 Å². The van der Waals surface area contributed by atoms with Crippen LogP contribution >= 0.6 is 15.9 Å². The minimum absolute atomic E-state index is 0.0562. The van der Waals surface area contributed by atoms with E-state index in [1.807, 2.05) is 0 Å². The maximum absolute atomic E-state index is 6.51. The Balaban J connectivity index is 1.21. The van der Waals surface area contributed by atoms with Crippen LogP contribution in [0.2, 0.25) is 0 Å². The van der Waals surface area contributed by atoms with Crippen molar-refractivity contribution in [3.63, 3.8) is 0 Å². The molecule has 0 unspecified atom stereocenters. The Morgan fingerprint density at radius 3 is 1.52 bits per heavy atom. The van der Waals surface area contributed by atoms with E-state index in [-0.39, 0.29) is 4.51 Å². The van der Waals surface area contributed by atoms with Crippen molar-refractivity contribution < 1.29 is 4.74 Å². The summed E-state index contributed by atoms with van der Waals surface area (Å²) in [5, 5.41) is 0. The van der Waals surface area contributed by atoms with E-state index in [9.17, 15) is 0 Å². The van der Waals surface area contributed by atoms with E-state index in [1.54, 1.807) is 0 Å². The lowest BCUT2D eigenvalue weighted by molar-refractivity contribution is -0.0730. The van der Waals surface area contributed by atoms with Gasteiger partial charge in [-0.05, 0) is 140 Å². The maximum atomic E-state index is 6.51. The van der Waals surface area contributed by atoms with Gasteiger partial charge in [-0.25, -0.2) is 0 Å². The Morgan fingerprint density at radius 2 is 1.08 bits per heavy atom. The van der Waals surface area contributed by atoms with E-state index >= 15 is 0 Å². The number of alkyl halides is 1. The smallest absolute Gasteiger partial charge is 0.224 e. The highest BCUT2D eigenvalue weighted by Crippen LogP contribution is 2.73. The number of halogens is 1. The summed E-state index contributed by atoms with van der Waals surface area (Å²) in [6.07, 6.45) is 20.6. The Bertz CT molecular complexity index is 592. The van der Waals surface area contributed by atoms with E-state index in [0.717, 1.165) is 35.5 Å². The fourth-order valence-electron chi connectivity index (χ4n) is 9.75. The first-order valence-corrected chi connectivity index (χ1v) is 11.9. The predicted molar refractivity (Wildman–Crippen MR) is 102 cm³/mol. The van der Waals surface area contributed by atoms with Gasteiger partial charge >= 0.3 is 0 Å². The summed E-state index contributed by atoms with van der Waals surface area (Å²) >= 11 is 4.19. The highest BCUT2D eigenvalue weighted by Gasteiger charge is 2.70. The van der Waals surface area contributed by atoms with Crippen LogP contribution in [0.15, 0.2) is 11.8 Å². The predicted octanol–water partition coefficient (Wildman–Crippen LogP) is 6.42. The summed E-state index contributed by atoms with van der Waals surface area (Å²) in [7, 11) is 0. The van der Waals surface area contributed by atoms with Crippen LogP contribution < -0.4 is 0 Å². The second-order valence-electron chi connectivity index (χ2n) is 11.7. The van der Waals surface area contributed by atoms with Crippen molar-refractivity contribution in [2.45, 2.75) is 81.6 Å². The molecule has 136 valence electrons. The van der Waals surface area contributed by atoms with Gasteiger partial charge in [0.15, 0.2) is 5.76 Å². The summed E-state index contributed by atoms with van der Waals surface area (Å²) in [6, 6.07) is 0. The third-order valence-corrected chi connectivity index (χ3v) is 11.2. The Labute approximate surface area is 160 Å². The molecule has 0 spiro atoms. The van der Waals surface area contributed by atoms with Crippen molar-refractivity contribution in [1.82, 2.24) is 0 Å². The fourth-order valence-corrected chi connectivity index (χ4v) is 10.5. The van der Waals surface area contributed by atoms with Crippen LogP contribution in [-0.2, 0) is 4.74 Å². The largest absolute Gasteiger partial charge is 0.467 e. The lowest BCUT2D eigenvalue weighted by atomic mass is 9.48. The third-order valence-electron chi connectivity index (χ3n) is 9.77. The second kappa shape index (κ2) is 4.53. The number of epoxide rings is 1. The van der Waals surface area contributed by atoms with Crippen LogP contribution in [0, 0.1) is 46.3 Å². The van der Waals surface area contributed by atoms with Crippen LogP contribution in [-0.4, -0.2) is 4.51 Å². The molecule has 8 saturated carbocycles. The van der Waals surface area contributed by atoms with Gasteiger partial charge in [-0.2, -0.15) is 0 Å². The van der Waals surface area contributed by atoms with E-state index in [2.05, 4.69) is 22.0 Å². The van der Waals surface area contributed by atoms with E-state index < -0.39 is 0 Å². The van der Waals surface area contributed by atoms with Crippen molar-refractivity contribution in [3.8, 4) is 0 Å². The molecular weight excluding hydrogens is 372 g/mol. The fraction of sp³-hybridized carbons (Fsp3) is 0.913. The van der Waals surface area contributed by atoms with E-state index in [1.165, 1.54) is 82.8 Å². The zero-order valence-corrected chi connectivity index (χ0v) is 16.9. The van der Waals surface area contributed by atoms with Gasteiger partial charge < -0.3 is 4.74 Å². The van der Waals surface area contributed by atoms with Gasteiger partial charge in [0, 0.05) is 5.41 Å². The van der Waals surface area contributed by atoms with Gasteiger partial charge in [-0.1, -0.05) is 0 Å². The molecule has 0 radical (unpaired) electrons. The molecule has 0 amide bonds. The van der Waals surface area contributed by atoms with Gasteiger partial charge in [0.1, 0.15) is 0 Å². The monoisotopic (exact) mass is 402 g/mol. The molecule has 1 saturated heterocycles. The molecule has 1 aliphatic heterocycles. The molecule has 1 heterocycles. The summed E-state index contributed by atoms with van der Waals surface area (Å²) in [4.78, 5) is 0. The van der Waals surface area contributed by atoms with Gasteiger partial charge in [0.25, 0.3) is 0 Å². The van der Waals surface area contributed by atoms with Crippen LogP contribution in [0.4, 0.5) is 0 Å². The molecule has 25 heavy (non-hydrogen) atoms. The molecule has 1 nitrogen and oxygen atoms in total. The lowest BCUT2D eigenvalue weighted by Gasteiger charge is -2.57. The van der Waals surface area contributed by atoms with Gasteiger partial charge in [0.2, 0.25) is 4.51 Å². The molecule has 0 aromatic rings. The minimum atomic E-state index is -0.0562. The summed E-state index contributed by atoms with van der Waals surface area (Å²) in [5.74, 6) is 7.49. The highest BCUT2D eigenvalue weighted by atomic mass is 79.9. The van der Waals surface area contributed by atoms with E-state index in [0.29, 0.717) is 10.8 Å². The molecule has 1 atom stereocenters. The molecule has 0 aromatic carbocycles. The first kappa shape index (κ1) is 15.0. The number of hydrogen-bond donors (Lipinski definition) is 0. The molecule has 8 bridgehead atoms. The number of ether oxygens (including phenoxy) is 1. The zero-order chi connectivity index (χ0) is 16.4. The third kappa shape index (κ3) is 1.96. The van der Waals surface area contributed by atoms with Crippen molar-refractivity contribution in [2.24, 2.45) is 46.3 Å². The highest BCUT2D eigenvalue weighted by molar-refractivity contribution is 9.10. The SMILES string of the molecule is Br[C@]1(C23CC4CC(CC(C4)C2)C3)O/C1=C\C12CC3CC(CC(C3)C1)C2. The number of hydrogen-bond acceptors (Lipinski definition) is 1. The average Bonchev–Trinajstić information content (AvgIpc) is 3.15. The first-order chi connectivity index (χ1) is 12.0. The zero-order valence-electron chi connectivity index (χ0n) is 15.3. The van der Waals surface area contributed by atoms with Crippen LogP contribution in [0.1, 0.15) is 77.0 Å². The Hall–Kier alpha value is 0.0200. The average molecular weight is 403 g/mol. The molecule has 9 fully saturated rings. The molecule has 9 aliphatic rings. The standard InChI is InChI=1S/C23H31BrO/c24-23(22-10-17-4-18(11-22)6-19(5-17)12-22)20(25-23)13-21-7-14-1-15(8-21)3-16(2-14)9-21/h13-19H,1-12H2/b20-13-/t14?,15?,16?,17?,18?,19?,21?,22?,23-/m0/s1. The maximum Gasteiger partial charge on any atom is 0.224 e. The quantitative estimate of drug-likeness (QED) is 0.383. The lowest BCUT2D eigenvalue weighted by Crippen LogP contribution is -2.51. The first-order valence-electron chi connectivity index (χ1n) is 11.1. The molecule has 0 N–H and O–H groups in total. The molecule has 8 aliphatic carbocycles. The van der Waals surface area contributed by atoms with Crippen molar-refractivity contribution >= 4 is 15.9 Å². The normalized spacial score (nSPS) is 64.8. The van der Waals surface area contributed by atoms with Crippen LogP contribution in [0.5, 0.6) is 0 Å². The van der Waals surface area contributed by atoms with Gasteiger partial charge in [-0.3, -0.25) is 0 Å². The molecule has 2 heteroatoms. The number of allylic oxidation sites excluding steroid dienone is 1. The summed E-state index contributed by atoms with van der Waals surface area (Å²) < 4.78 is 6.45. The van der Waals surface area contributed by atoms with Crippen molar-refractivity contribution in [2.75, 3.05) is 0 Å². The molecule has 0 aromatic heterocycles. The summed E-state index contributed by atoms with van der Waals surface area (Å²) in [6.45, 7) is 0. The van der Waals surface area contributed by atoms with Crippen LogP contribution in [0.3, 0.4) is 0 Å².